The van der Waals surface area contributed by atoms with Gasteiger partial charge in [0.1, 0.15) is 10.8 Å². The summed E-state index contributed by atoms with van der Waals surface area (Å²) in [6, 6.07) is 15.5. The quantitative estimate of drug-likeness (QED) is 0.729. The monoisotopic (exact) mass is 324 g/mol. The number of carbonyl (C=O) groups is 1. The third-order valence-corrected chi connectivity index (χ3v) is 4.31. The summed E-state index contributed by atoms with van der Waals surface area (Å²) in [7, 11) is 1.62. The fourth-order valence-electron chi connectivity index (χ4n) is 2.13. The van der Waals surface area contributed by atoms with Gasteiger partial charge in [0.15, 0.2) is 0 Å². The fourth-order valence-corrected chi connectivity index (χ4v) is 3.04. The molecule has 0 saturated heterocycles. The van der Waals surface area contributed by atoms with Crippen LogP contribution in [0.2, 0.25) is 0 Å². The van der Waals surface area contributed by atoms with Gasteiger partial charge in [0.25, 0.3) is 0 Å². The van der Waals surface area contributed by atoms with Gasteiger partial charge in [-0.05, 0) is 35.9 Å². The van der Waals surface area contributed by atoms with Crippen LogP contribution in [0.4, 0.5) is 0 Å². The Labute approximate surface area is 138 Å². The summed E-state index contributed by atoms with van der Waals surface area (Å²) in [6.07, 6.45) is 3.28. The van der Waals surface area contributed by atoms with Gasteiger partial charge >= 0.3 is 0 Å². The summed E-state index contributed by atoms with van der Waals surface area (Å²) in [4.78, 5) is 16.4. The van der Waals surface area contributed by atoms with Gasteiger partial charge in [-0.3, -0.25) is 4.79 Å². The number of methoxy groups -OCH3 is 1. The van der Waals surface area contributed by atoms with Crippen molar-refractivity contribution in [3.05, 3.63) is 65.2 Å². The van der Waals surface area contributed by atoms with Crippen molar-refractivity contribution < 1.29 is 9.53 Å². The second-order valence-electron chi connectivity index (χ2n) is 4.90. The standard InChI is InChI=1S/C18H16N2O2S/c1-22-14-6-4-5-13(11-14)9-10-17(21)19-12-18-20-15-7-2-3-8-16(15)23-18/h2-11H,12H2,1H3,(H,19,21)/b10-9+. The van der Waals surface area contributed by atoms with Crippen LogP contribution in [-0.2, 0) is 11.3 Å². The number of carbonyl (C=O) groups excluding carboxylic acids is 1. The van der Waals surface area contributed by atoms with E-state index >= 15 is 0 Å². The molecule has 0 unspecified atom stereocenters. The van der Waals surface area contributed by atoms with Gasteiger partial charge in [-0.15, -0.1) is 11.3 Å². The Kier molecular flexibility index (Phi) is 4.68. The van der Waals surface area contributed by atoms with E-state index in [0.717, 1.165) is 26.5 Å². The van der Waals surface area contributed by atoms with Gasteiger partial charge in [0.2, 0.25) is 5.91 Å². The average Bonchev–Trinajstić information content (AvgIpc) is 3.01. The van der Waals surface area contributed by atoms with E-state index in [9.17, 15) is 4.79 Å². The van der Waals surface area contributed by atoms with Gasteiger partial charge in [0.05, 0.1) is 23.9 Å². The Hall–Kier alpha value is -2.66. The summed E-state index contributed by atoms with van der Waals surface area (Å²) in [6.45, 7) is 0.431. The summed E-state index contributed by atoms with van der Waals surface area (Å²) in [5.41, 5.74) is 1.88. The molecule has 1 aromatic heterocycles. The lowest BCUT2D eigenvalue weighted by Crippen LogP contribution is -2.19. The summed E-state index contributed by atoms with van der Waals surface area (Å²) in [5.74, 6) is 0.620. The van der Waals surface area contributed by atoms with E-state index < -0.39 is 0 Å². The highest BCUT2D eigenvalue weighted by Gasteiger charge is 2.04. The largest absolute Gasteiger partial charge is 0.497 e. The number of para-hydroxylation sites is 1. The van der Waals surface area contributed by atoms with Crippen molar-refractivity contribution >= 4 is 33.5 Å². The molecule has 23 heavy (non-hydrogen) atoms. The minimum atomic E-state index is -0.146. The molecule has 0 radical (unpaired) electrons. The van der Waals surface area contributed by atoms with Crippen LogP contribution in [0.3, 0.4) is 0 Å². The molecule has 3 rings (SSSR count). The molecule has 5 heteroatoms. The molecule has 0 fully saturated rings. The number of hydrogen-bond donors (Lipinski definition) is 1. The number of rotatable bonds is 5. The summed E-state index contributed by atoms with van der Waals surface area (Å²) >= 11 is 1.59. The topological polar surface area (TPSA) is 51.2 Å². The molecule has 1 heterocycles. The molecule has 4 nitrogen and oxygen atoms in total. The third kappa shape index (κ3) is 3.96. The van der Waals surface area contributed by atoms with E-state index in [1.165, 1.54) is 6.08 Å². The number of aromatic nitrogens is 1. The zero-order valence-electron chi connectivity index (χ0n) is 12.7. The van der Waals surface area contributed by atoms with Crippen molar-refractivity contribution in [3.63, 3.8) is 0 Å². The van der Waals surface area contributed by atoms with Crippen molar-refractivity contribution in [2.45, 2.75) is 6.54 Å². The van der Waals surface area contributed by atoms with Crippen LogP contribution in [-0.4, -0.2) is 18.0 Å². The molecule has 0 atom stereocenters. The fraction of sp³-hybridized carbons (Fsp3) is 0.111. The number of thiazole rings is 1. The highest BCUT2D eigenvalue weighted by molar-refractivity contribution is 7.18. The molecular weight excluding hydrogens is 308 g/mol. The van der Waals surface area contributed by atoms with Gasteiger partial charge in [-0.2, -0.15) is 0 Å². The second-order valence-corrected chi connectivity index (χ2v) is 6.02. The number of hydrogen-bond acceptors (Lipinski definition) is 4. The van der Waals surface area contributed by atoms with Crippen molar-refractivity contribution in [2.75, 3.05) is 7.11 Å². The highest BCUT2D eigenvalue weighted by atomic mass is 32.1. The normalized spacial score (nSPS) is 11.0. The summed E-state index contributed by atoms with van der Waals surface area (Å²) < 4.78 is 6.28. The Morgan fingerprint density at radius 1 is 1.26 bits per heavy atom. The maximum atomic E-state index is 11.9. The average molecular weight is 324 g/mol. The predicted molar refractivity (Wildman–Crippen MR) is 93.5 cm³/mol. The summed E-state index contributed by atoms with van der Waals surface area (Å²) in [5, 5.41) is 3.75. The van der Waals surface area contributed by atoms with Crippen LogP contribution in [0.25, 0.3) is 16.3 Å². The Bertz CT molecular complexity index is 822. The Balaban J connectivity index is 1.59. The van der Waals surface area contributed by atoms with E-state index in [2.05, 4.69) is 10.3 Å². The van der Waals surface area contributed by atoms with E-state index in [4.69, 9.17) is 4.74 Å². The molecule has 0 spiro atoms. The van der Waals surface area contributed by atoms with Gasteiger partial charge in [-0.25, -0.2) is 4.98 Å². The second kappa shape index (κ2) is 7.07. The maximum absolute atomic E-state index is 11.9. The first-order valence-corrected chi connectivity index (χ1v) is 8.00. The molecular formula is C18H16N2O2S. The van der Waals surface area contributed by atoms with Gasteiger partial charge in [-0.1, -0.05) is 24.3 Å². The minimum Gasteiger partial charge on any atom is -0.497 e. The smallest absolute Gasteiger partial charge is 0.244 e. The molecule has 2 aromatic carbocycles. The number of benzene rings is 2. The molecule has 0 aliphatic carbocycles. The lowest BCUT2D eigenvalue weighted by Gasteiger charge is -2.00. The van der Waals surface area contributed by atoms with E-state index in [0.29, 0.717) is 6.54 Å². The van der Waals surface area contributed by atoms with Crippen molar-refractivity contribution in [1.29, 1.82) is 0 Å². The maximum Gasteiger partial charge on any atom is 0.244 e. The van der Waals surface area contributed by atoms with Crippen LogP contribution < -0.4 is 10.1 Å². The molecule has 0 aliphatic heterocycles. The van der Waals surface area contributed by atoms with Gasteiger partial charge < -0.3 is 10.1 Å². The molecule has 0 saturated carbocycles. The molecule has 1 amide bonds. The highest BCUT2D eigenvalue weighted by Crippen LogP contribution is 2.21. The number of fused-ring (bicyclic) bond motifs is 1. The van der Waals surface area contributed by atoms with E-state index in [-0.39, 0.29) is 5.91 Å². The van der Waals surface area contributed by atoms with Crippen molar-refractivity contribution in [2.24, 2.45) is 0 Å². The predicted octanol–water partition coefficient (Wildman–Crippen LogP) is 3.63. The van der Waals surface area contributed by atoms with Crippen molar-refractivity contribution in [1.82, 2.24) is 10.3 Å². The molecule has 0 bridgehead atoms. The number of ether oxygens (including phenoxy) is 1. The first-order chi connectivity index (χ1) is 11.2. The molecule has 1 N–H and O–H groups in total. The minimum absolute atomic E-state index is 0.146. The first-order valence-electron chi connectivity index (χ1n) is 7.19. The van der Waals surface area contributed by atoms with Crippen LogP contribution in [0.1, 0.15) is 10.6 Å². The lowest BCUT2D eigenvalue weighted by molar-refractivity contribution is -0.116. The molecule has 116 valence electrons. The lowest BCUT2D eigenvalue weighted by atomic mass is 10.2. The van der Waals surface area contributed by atoms with Crippen molar-refractivity contribution in [3.8, 4) is 5.75 Å². The van der Waals surface area contributed by atoms with Gasteiger partial charge in [0, 0.05) is 6.08 Å². The molecule has 3 aromatic rings. The van der Waals surface area contributed by atoms with Crippen LogP contribution in [0, 0.1) is 0 Å². The van der Waals surface area contributed by atoms with E-state index in [1.807, 2.05) is 48.5 Å². The SMILES string of the molecule is COc1cccc(/C=C/C(=O)NCc2nc3ccccc3s2)c1. The van der Waals surface area contributed by atoms with Crippen LogP contribution in [0.5, 0.6) is 5.75 Å². The van der Waals surface area contributed by atoms with Crippen LogP contribution >= 0.6 is 11.3 Å². The first kappa shape index (κ1) is 15.2. The Morgan fingerprint density at radius 3 is 2.96 bits per heavy atom. The number of amides is 1. The third-order valence-electron chi connectivity index (χ3n) is 3.27. The Morgan fingerprint density at radius 2 is 2.13 bits per heavy atom. The van der Waals surface area contributed by atoms with E-state index in [1.54, 1.807) is 24.5 Å². The number of nitrogens with one attached hydrogen (secondary N) is 1. The van der Waals surface area contributed by atoms with Crippen LogP contribution in [0.15, 0.2) is 54.6 Å². The zero-order chi connectivity index (χ0) is 16.1. The zero-order valence-corrected chi connectivity index (χ0v) is 13.5. The number of nitrogens with zero attached hydrogens (tertiary/aromatic N) is 1. The molecule has 0 aliphatic rings.